The van der Waals surface area contributed by atoms with E-state index < -0.39 is 11.9 Å². The van der Waals surface area contributed by atoms with Crippen LogP contribution in [0.25, 0.3) is 10.9 Å². The summed E-state index contributed by atoms with van der Waals surface area (Å²) in [7, 11) is 1.69. The second kappa shape index (κ2) is 18.0. The number of ether oxygens (including phenoxy) is 1. The first-order chi connectivity index (χ1) is 21.4. The van der Waals surface area contributed by atoms with E-state index in [0.717, 1.165) is 107 Å². The molecule has 0 spiro atoms. The highest BCUT2D eigenvalue weighted by molar-refractivity contribution is 7.09. The average molecular weight is 625 g/mol. The maximum atomic E-state index is 11.6. The molecule has 3 N–H and O–H groups in total. The number of methoxy groups -OCH3 is 1. The molecule has 0 amide bonds. The molecule has 1 unspecified atom stereocenters. The number of nitrogens with one attached hydrogen (secondary N) is 1. The number of fused-ring (bicyclic) bond motifs is 1. The van der Waals surface area contributed by atoms with Crippen LogP contribution in [0.2, 0.25) is 0 Å². The lowest BCUT2D eigenvalue weighted by Gasteiger charge is -2.38. The summed E-state index contributed by atoms with van der Waals surface area (Å²) in [5.74, 6) is 0.583. The van der Waals surface area contributed by atoms with Crippen molar-refractivity contribution in [1.82, 2.24) is 20.2 Å². The summed E-state index contributed by atoms with van der Waals surface area (Å²) < 4.78 is 5.40. The normalized spacial score (nSPS) is 20.5. The summed E-state index contributed by atoms with van der Waals surface area (Å²) in [6, 6.07) is 8.12. The van der Waals surface area contributed by atoms with Gasteiger partial charge in [-0.1, -0.05) is 0 Å². The summed E-state index contributed by atoms with van der Waals surface area (Å²) in [4.78, 5) is 33.1. The van der Waals surface area contributed by atoms with Crippen LogP contribution in [0.3, 0.4) is 0 Å². The molecule has 44 heavy (non-hydrogen) atoms. The van der Waals surface area contributed by atoms with Crippen LogP contribution in [0, 0.1) is 17.8 Å². The maximum absolute atomic E-state index is 11.6. The Hall–Kier alpha value is -3.08. The van der Waals surface area contributed by atoms with Crippen molar-refractivity contribution < 1.29 is 24.5 Å². The summed E-state index contributed by atoms with van der Waals surface area (Å²) in [6.45, 7) is 4.97. The molecule has 2 aromatic heterocycles. The van der Waals surface area contributed by atoms with E-state index in [2.05, 4.69) is 32.3 Å². The van der Waals surface area contributed by atoms with Gasteiger partial charge in [0.05, 0.1) is 17.6 Å². The Balaban J connectivity index is 0.000000375. The number of unbranched alkanes of at least 4 members (excludes halogenated alkanes) is 1. The number of likely N-dealkylation sites (tertiary alicyclic amines) is 1. The van der Waals surface area contributed by atoms with Crippen molar-refractivity contribution in [1.29, 1.82) is 0 Å². The third-order valence-electron chi connectivity index (χ3n) is 8.93. The number of piperidine rings is 2. The SMILES string of the molecule is COc1ccc2nccc(CCC[C@@H]3CCN(CCCCc4nccs4)C[C@@H]3CC(=O)O)c2c1.O=C(O)CC1CCCNC1. The molecule has 10 heteroatoms. The van der Waals surface area contributed by atoms with E-state index in [4.69, 9.17) is 9.84 Å². The number of hydrogen-bond donors (Lipinski definition) is 3. The van der Waals surface area contributed by atoms with Crippen molar-refractivity contribution in [3.63, 3.8) is 0 Å². The Labute approximate surface area is 265 Å². The number of thiazole rings is 1. The fourth-order valence-electron chi connectivity index (χ4n) is 6.61. The van der Waals surface area contributed by atoms with E-state index in [1.54, 1.807) is 18.4 Å². The zero-order valence-electron chi connectivity index (χ0n) is 26.0. The minimum atomic E-state index is -0.673. The summed E-state index contributed by atoms with van der Waals surface area (Å²) in [6.07, 6.45) is 14.1. The monoisotopic (exact) mass is 624 g/mol. The lowest BCUT2D eigenvalue weighted by molar-refractivity contribution is -0.139. The molecule has 3 aromatic rings. The number of hydrogen-bond acceptors (Lipinski definition) is 8. The Bertz CT molecular complexity index is 1300. The molecule has 2 aliphatic rings. The average Bonchev–Trinajstić information content (AvgIpc) is 3.54. The molecule has 2 saturated heterocycles. The van der Waals surface area contributed by atoms with Crippen molar-refractivity contribution in [2.45, 2.75) is 70.6 Å². The van der Waals surface area contributed by atoms with Gasteiger partial charge in [0, 0.05) is 42.5 Å². The van der Waals surface area contributed by atoms with Crippen LogP contribution in [0.1, 0.15) is 68.4 Å². The van der Waals surface area contributed by atoms with Gasteiger partial charge in [0.15, 0.2) is 0 Å². The fraction of sp³-hybridized carbons (Fsp3) is 0.588. The van der Waals surface area contributed by atoms with Crippen LogP contribution in [0.5, 0.6) is 5.75 Å². The van der Waals surface area contributed by atoms with Gasteiger partial charge in [0.2, 0.25) is 0 Å². The predicted molar refractivity (Wildman–Crippen MR) is 174 cm³/mol. The fourth-order valence-corrected chi connectivity index (χ4v) is 7.27. The lowest BCUT2D eigenvalue weighted by Crippen LogP contribution is -2.41. The molecule has 0 bridgehead atoms. The number of benzene rings is 1. The van der Waals surface area contributed by atoms with Crippen LogP contribution >= 0.6 is 11.3 Å². The zero-order valence-corrected chi connectivity index (χ0v) is 26.8. The summed E-state index contributed by atoms with van der Waals surface area (Å²) in [5, 5.41) is 25.5. The number of aliphatic carboxylic acids is 2. The second-order valence-electron chi connectivity index (χ2n) is 12.1. The number of carbonyl (C=O) groups is 2. The van der Waals surface area contributed by atoms with Crippen LogP contribution in [-0.2, 0) is 22.4 Å². The molecule has 9 nitrogen and oxygen atoms in total. The van der Waals surface area contributed by atoms with Crippen molar-refractivity contribution in [3.8, 4) is 5.75 Å². The molecule has 2 aliphatic heterocycles. The largest absolute Gasteiger partial charge is 0.497 e. The van der Waals surface area contributed by atoms with E-state index in [1.165, 1.54) is 10.6 Å². The number of nitrogens with zero attached hydrogens (tertiary/aromatic N) is 3. The molecular formula is C34H48N4O5S. The molecule has 0 saturated carbocycles. The second-order valence-corrected chi connectivity index (χ2v) is 13.1. The summed E-state index contributed by atoms with van der Waals surface area (Å²) >= 11 is 1.72. The highest BCUT2D eigenvalue weighted by atomic mass is 32.1. The number of carboxylic acid groups (broad SMARTS) is 2. The third kappa shape index (κ3) is 11.1. The number of rotatable bonds is 14. The number of pyridine rings is 1. The molecule has 0 radical (unpaired) electrons. The van der Waals surface area contributed by atoms with Gasteiger partial charge in [-0.2, -0.15) is 0 Å². The first-order valence-electron chi connectivity index (χ1n) is 16.1. The Morgan fingerprint density at radius 3 is 2.61 bits per heavy atom. The topological polar surface area (TPSA) is 125 Å². The highest BCUT2D eigenvalue weighted by Gasteiger charge is 2.30. The number of aryl methyl sites for hydroxylation is 2. The first kappa shape index (κ1) is 33.8. The highest BCUT2D eigenvalue weighted by Crippen LogP contribution is 2.32. The van der Waals surface area contributed by atoms with Crippen LogP contribution in [0.4, 0.5) is 0 Å². The smallest absolute Gasteiger partial charge is 0.303 e. The Kier molecular flexibility index (Phi) is 13.8. The van der Waals surface area contributed by atoms with Gasteiger partial charge in [-0.15, -0.1) is 11.3 Å². The van der Waals surface area contributed by atoms with Gasteiger partial charge in [0.1, 0.15) is 5.75 Å². The lowest BCUT2D eigenvalue weighted by atomic mass is 9.79. The zero-order chi connectivity index (χ0) is 31.1. The first-order valence-corrected chi connectivity index (χ1v) is 17.0. The Morgan fingerprint density at radius 2 is 1.89 bits per heavy atom. The molecule has 240 valence electrons. The van der Waals surface area contributed by atoms with Crippen molar-refractivity contribution in [3.05, 3.63) is 52.6 Å². The van der Waals surface area contributed by atoms with Crippen molar-refractivity contribution in [2.75, 3.05) is 39.8 Å². The minimum Gasteiger partial charge on any atom is -0.497 e. The van der Waals surface area contributed by atoms with E-state index in [0.29, 0.717) is 18.3 Å². The van der Waals surface area contributed by atoms with E-state index in [9.17, 15) is 14.7 Å². The van der Waals surface area contributed by atoms with Crippen LogP contribution in [0.15, 0.2) is 42.0 Å². The van der Waals surface area contributed by atoms with Crippen molar-refractivity contribution in [2.24, 2.45) is 17.8 Å². The Morgan fingerprint density at radius 1 is 1.02 bits per heavy atom. The molecule has 4 heterocycles. The quantitative estimate of drug-likeness (QED) is 0.188. The maximum Gasteiger partial charge on any atom is 0.303 e. The van der Waals surface area contributed by atoms with Gasteiger partial charge in [0.25, 0.3) is 0 Å². The van der Waals surface area contributed by atoms with E-state index >= 15 is 0 Å². The van der Waals surface area contributed by atoms with E-state index in [-0.39, 0.29) is 12.3 Å². The van der Waals surface area contributed by atoms with Crippen LogP contribution in [-0.4, -0.2) is 76.9 Å². The van der Waals surface area contributed by atoms with Crippen molar-refractivity contribution >= 4 is 34.2 Å². The van der Waals surface area contributed by atoms with E-state index in [1.807, 2.05) is 29.9 Å². The standard InChI is InChI=1S/C27H35N3O3S.C7H13NO2/c1-33-23-8-9-25-24(18-23)21(10-12-28-25)6-4-5-20-11-15-30(19-22(20)17-27(31)32)14-3-2-7-26-29-13-16-34-26;9-7(10)4-6-2-1-3-8-5-6/h8-10,12-13,16,18,20,22H,2-7,11,14-15,17,19H2,1H3,(H,31,32);6,8H,1-5H2,(H,9,10)/t20-,22+;/m1./s1. The van der Waals surface area contributed by atoms with Gasteiger partial charge in [-0.05, 0) is 132 Å². The predicted octanol–water partition coefficient (Wildman–Crippen LogP) is 5.92. The molecular weight excluding hydrogens is 576 g/mol. The number of aromatic nitrogens is 2. The van der Waals surface area contributed by atoms with Crippen LogP contribution < -0.4 is 10.1 Å². The van der Waals surface area contributed by atoms with Gasteiger partial charge in [-0.3, -0.25) is 14.6 Å². The minimum absolute atomic E-state index is 0.236. The van der Waals surface area contributed by atoms with Gasteiger partial charge in [-0.25, -0.2) is 4.98 Å². The summed E-state index contributed by atoms with van der Waals surface area (Å²) in [5.41, 5.74) is 2.28. The van der Waals surface area contributed by atoms with Gasteiger partial charge >= 0.3 is 11.9 Å². The molecule has 5 rings (SSSR count). The molecule has 3 atom stereocenters. The molecule has 0 aliphatic carbocycles. The molecule has 1 aromatic carbocycles. The number of carboxylic acids is 2. The molecule has 2 fully saturated rings. The third-order valence-corrected chi connectivity index (χ3v) is 9.77. The van der Waals surface area contributed by atoms with Gasteiger partial charge < -0.3 is 25.2 Å².